The average molecular weight is 362 g/mol. The number of nitrogens with one attached hydrogen (secondary N) is 1. The van der Waals surface area contributed by atoms with E-state index in [1.54, 1.807) is 12.1 Å². The van der Waals surface area contributed by atoms with Crippen molar-refractivity contribution in [3.8, 4) is 0 Å². The standard InChI is InChI=1S/C22H22N2O3/c1-2-15-9-11-17(12-10-15)19(25)14-24-20(26)22(23-21(24)27)13-5-7-16-6-3-4-8-18(16)22/h3-4,6,8-12H,2,5,7,13-14H2,1H3,(H,23,27)/t22-/m0/s1. The maximum absolute atomic E-state index is 13.2. The van der Waals surface area contributed by atoms with Crippen LogP contribution in [0, 0.1) is 0 Å². The monoisotopic (exact) mass is 362 g/mol. The van der Waals surface area contributed by atoms with Crippen LogP contribution in [-0.2, 0) is 23.2 Å². The molecule has 0 bridgehead atoms. The number of aryl methyl sites for hydroxylation is 2. The Balaban J connectivity index is 1.60. The van der Waals surface area contributed by atoms with Crippen LogP contribution in [0.5, 0.6) is 0 Å². The molecule has 1 heterocycles. The van der Waals surface area contributed by atoms with Gasteiger partial charge in [0.1, 0.15) is 5.54 Å². The number of rotatable bonds is 4. The molecule has 3 amide bonds. The van der Waals surface area contributed by atoms with E-state index in [0.29, 0.717) is 12.0 Å². The fourth-order valence-corrected chi connectivity index (χ4v) is 4.12. The predicted octanol–water partition coefficient (Wildman–Crippen LogP) is 3.22. The molecule has 1 fully saturated rings. The van der Waals surface area contributed by atoms with Crippen LogP contribution in [0.15, 0.2) is 48.5 Å². The van der Waals surface area contributed by atoms with Crippen LogP contribution in [0.1, 0.15) is 46.8 Å². The third-order valence-electron chi connectivity index (χ3n) is 5.64. The Morgan fingerprint density at radius 2 is 1.85 bits per heavy atom. The molecule has 2 aromatic rings. The number of Topliss-reactive ketones (excluding diaryl/α,β-unsaturated/α-hetero) is 1. The Bertz CT molecular complexity index is 919. The zero-order chi connectivity index (χ0) is 19.0. The molecule has 1 aliphatic carbocycles. The lowest BCUT2D eigenvalue weighted by atomic mass is 9.76. The number of carbonyl (C=O) groups is 3. The summed E-state index contributed by atoms with van der Waals surface area (Å²) in [7, 11) is 0. The summed E-state index contributed by atoms with van der Waals surface area (Å²) < 4.78 is 0. The summed E-state index contributed by atoms with van der Waals surface area (Å²) in [6.45, 7) is 1.81. The first kappa shape index (κ1) is 17.5. The Labute approximate surface area is 158 Å². The Hall–Kier alpha value is -2.95. The second kappa shape index (κ2) is 6.65. The molecule has 1 aliphatic heterocycles. The van der Waals surface area contributed by atoms with Crippen molar-refractivity contribution in [2.45, 2.75) is 38.1 Å². The third-order valence-corrected chi connectivity index (χ3v) is 5.64. The summed E-state index contributed by atoms with van der Waals surface area (Å²) in [4.78, 5) is 39.5. The summed E-state index contributed by atoms with van der Waals surface area (Å²) in [5.74, 6) is -0.555. The molecule has 0 aromatic heterocycles. The van der Waals surface area contributed by atoms with E-state index >= 15 is 0 Å². The van der Waals surface area contributed by atoms with Gasteiger partial charge in [0.05, 0.1) is 6.54 Å². The fraction of sp³-hybridized carbons (Fsp3) is 0.318. The molecular weight excluding hydrogens is 340 g/mol. The number of amides is 3. The molecule has 1 saturated heterocycles. The number of hydrogen-bond acceptors (Lipinski definition) is 3. The molecule has 2 aromatic carbocycles. The summed E-state index contributed by atoms with van der Waals surface area (Å²) in [6, 6.07) is 14.6. The van der Waals surface area contributed by atoms with E-state index in [-0.39, 0.29) is 18.2 Å². The molecule has 0 saturated carbocycles. The van der Waals surface area contributed by atoms with Gasteiger partial charge in [0.2, 0.25) is 0 Å². The first-order valence-corrected chi connectivity index (χ1v) is 9.40. The van der Waals surface area contributed by atoms with Gasteiger partial charge < -0.3 is 5.32 Å². The maximum atomic E-state index is 13.2. The van der Waals surface area contributed by atoms with Crippen LogP contribution in [0.2, 0.25) is 0 Å². The molecule has 0 radical (unpaired) electrons. The van der Waals surface area contributed by atoms with Gasteiger partial charge in [-0.3, -0.25) is 14.5 Å². The maximum Gasteiger partial charge on any atom is 0.325 e. The zero-order valence-corrected chi connectivity index (χ0v) is 15.3. The molecule has 1 atom stereocenters. The van der Waals surface area contributed by atoms with Crippen molar-refractivity contribution < 1.29 is 14.4 Å². The van der Waals surface area contributed by atoms with Gasteiger partial charge in [-0.05, 0) is 42.4 Å². The molecule has 138 valence electrons. The van der Waals surface area contributed by atoms with Gasteiger partial charge in [-0.2, -0.15) is 0 Å². The van der Waals surface area contributed by atoms with E-state index in [0.717, 1.165) is 40.9 Å². The highest BCUT2D eigenvalue weighted by molar-refractivity contribution is 6.11. The Kier molecular flexibility index (Phi) is 4.30. The Morgan fingerprint density at radius 3 is 2.59 bits per heavy atom. The highest BCUT2D eigenvalue weighted by Gasteiger charge is 2.54. The van der Waals surface area contributed by atoms with Crippen molar-refractivity contribution in [3.63, 3.8) is 0 Å². The van der Waals surface area contributed by atoms with Crippen molar-refractivity contribution >= 4 is 17.7 Å². The number of carbonyl (C=O) groups excluding carboxylic acids is 3. The minimum absolute atomic E-state index is 0.234. The molecule has 0 unspecified atom stereocenters. The second-order valence-electron chi connectivity index (χ2n) is 7.21. The van der Waals surface area contributed by atoms with Crippen molar-refractivity contribution in [1.29, 1.82) is 0 Å². The molecular formula is C22H22N2O3. The quantitative estimate of drug-likeness (QED) is 0.671. The molecule has 1 spiro atoms. The summed E-state index contributed by atoms with van der Waals surface area (Å²) in [5, 5.41) is 2.89. The number of nitrogens with zero attached hydrogens (tertiary/aromatic N) is 1. The van der Waals surface area contributed by atoms with E-state index < -0.39 is 11.6 Å². The van der Waals surface area contributed by atoms with Crippen molar-refractivity contribution in [3.05, 3.63) is 70.8 Å². The second-order valence-corrected chi connectivity index (χ2v) is 7.21. The summed E-state index contributed by atoms with van der Waals surface area (Å²) in [6.07, 6.45) is 3.17. The van der Waals surface area contributed by atoms with E-state index in [4.69, 9.17) is 0 Å². The van der Waals surface area contributed by atoms with Gasteiger partial charge in [-0.25, -0.2) is 4.79 Å². The fourth-order valence-electron chi connectivity index (χ4n) is 4.12. The lowest BCUT2D eigenvalue weighted by Gasteiger charge is -2.33. The molecule has 5 nitrogen and oxygen atoms in total. The summed E-state index contributed by atoms with van der Waals surface area (Å²) in [5.41, 5.74) is 2.56. The molecule has 2 aliphatic rings. The number of imide groups is 1. The highest BCUT2D eigenvalue weighted by Crippen LogP contribution is 2.39. The van der Waals surface area contributed by atoms with Gasteiger partial charge in [0.15, 0.2) is 5.78 Å². The van der Waals surface area contributed by atoms with Gasteiger partial charge in [-0.15, -0.1) is 0 Å². The third kappa shape index (κ3) is 2.83. The van der Waals surface area contributed by atoms with Crippen LogP contribution in [-0.4, -0.2) is 29.2 Å². The van der Waals surface area contributed by atoms with Gasteiger partial charge >= 0.3 is 6.03 Å². The number of fused-ring (bicyclic) bond motifs is 2. The largest absolute Gasteiger partial charge is 0.325 e. The zero-order valence-electron chi connectivity index (χ0n) is 15.3. The number of benzene rings is 2. The first-order chi connectivity index (χ1) is 13.0. The SMILES string of the molecule is CCc1ccc(C(=O)CN2C(=O)N[C@]3(CCCc4ccccc43)C2=O)cc1. The minimum atomic E-state index is -1.03. The number of urea groups is 1. The molecule has 5 heteroatoms. The van der Waals surface area contributed by atoms with Crippen LogP contribution in [0.4, 0.5) is 4.79 Å². The normalized spacial score (nSPS) is 21.3. The average Bonchev–Trinajstić information content (AvgIpc) is 2.93. The van der Waals surface area contributed by atoms with E-state index in [1.807, 2.05) is 43.3 Å². The first-order valence-electron chi connectivity index (χ1n) is 9.40. The van der Waals surface area contributed by atoms with Crippen LogP contribution in [0.25, 0.3) is 0 Å². The van der Waals surface area contributed by atoms with Crippen LogP contribution < -0.4 is 5.32 Å². The van der Waals surface area contributed by atoms with Crippen LogP contribution in [0.3, 0.4) is 0 Å². The van der Waals surface area contributed by atoms with Crippen molar-refractivity contribution in [1.82, 2.24) is 10.2 Å². The summed E-state index contributed by atoms with van der Waals surface area (Å²) >= 11 is 0. The van der Waals surface area contributed by atoms with E-state index in [2.05, 4.69) is 5.32 Å². The number of ketones is 1. The Morgan fingerprint density at radius 1 is 1.11 bits per heavy atom. The lowest BCUT2D eigenvalue weighted by molar-refractivity contribution is -0.131. The van der Waals surface area contributed by atoms with E-state index in [9.17, 15) is 14.4 Å². The van der Waals surface area contributed by atoms with Gasteiger partial charge in [0, 0.05) is 5.56 Å². The highest BCUT2D eigenvalue weighted by atomic mass is 16.2. The van der Waals surface area contributed by atoms with Crippen molar-refractivity contribution in [2.75, 3.05) is 6.54 Å². The molecule has 27 heavy (non-hydrogen) atoms. The van der Waals surface area contributed by atoms with Gasteiger partial charge in [-0.1, -0.05) is 55.5 Å². The van der Waals surface area contributed by atoms with Gasteiger partial charge in [0.25, 0.3) is 5.91 Å². The lowest BCUT2D eigenvalue weighted by Crippen LogP contribution is -2.46. The molecule has 1 N–H and O–H groups in total. The smallest absolute Gasteiger partial charge is 0.319 e. The van der Waals surface area contributed by atoms with Crippen LogP contribution >= 0.6 is 0 Å². The van der Waals surface area contributed by atoms with Crippen molar-refractivity contribution in [2.24, 2.45) is 0 Å². The van der Waals surface area contributed by atoms with E-state index in [1.165, 1.54) is 0 Å². The number of hydrogen-bond donors (Lipinski definition) is 1. The molecule has 4 rings (SSSR count). The topological polar surface area (TPSA) is 66.5 Å². The predicted molar refractivity (Wildman–Crippen MR) is 101 cm³/mol. The minimum Gasteiger partial charge on any atom is -0.319 e.